The zero-order valence-electron chi connectivity index (χ0n) is 12.0. The molecule has 0 spiro atoms. The second-order valence-corrected chi connectivity index (χ2v) is 4.23. The van der Waals surface area contributed by atoms with E-state index >= 15 is 0 Å². The monoisotopic (exact) mass is 287 g/mol. The van der Waals surface area contributed by atoms with Gasteiger partial charge in [-0.3, -0.25) is 0 Å². The summed E-state index contributed by atoms with van der Waals surface area (Å²) in [4.78, 5) is 11.8. The summed E-state index contributed by atoms with van der Waals surface area (Å²) in [7, 11) is 1.31. The molecule has 2 aromatic carbocycles. The quantitative estimate of drug-likeness (QED) is 0.675. The third-order valence-electron chi connectivity index (χ3n) is 2.78. The number of esters is 1. The van der Waals surface area contributed by atoms with E-state index in [1.165, 1.54) is 13.2 Å². The van der Waals surface area contributed by atoms with Crippen molar-refractivity contribution in [3.63, 3.8) is 0 Å². The number of hydrogen-bond acceptors (Lipinski definition) is 5. The number of benzene rings is 2. The fourth-order valence-electron chi connectivity index (χ4n) is 1.83. The van der Waals surface area contributed by atoms with Gasteiger partial charge < -0.3 is 19.9 Å². The highest BCUT2D eigenvalue weighted by Crippen LogP contribution is 2.33. The van der Waals surface area contributed by atoms with Crippen LogP contribution in [0.4, 0.5) is 5.69 Å². The Morgan fingerprint density at radius 1 is 1.10 bits per heavy atom. The molecule has 0 bridgehead atoms. The molecular weight excluding hydrogens is 270 g/mol. The van der Waals surface area contributed by atoms with Crippen LogP contribution in [0.1, 0.15) is 17.3 Å². The molecule has 0 atom stereocenters. The molecule has 0 aliphatic carbocycles. The van der Waals surface area contributed by atoms with E-state index in [4.69, 9.17) is 19.9 Å². The molecule has 110 valence electrons. The van der Waals surface area contributed by atoms with Crippen molar-refractivity contribution in [1.82, 2.24) is 0 Å². The van der Waals surface area contributed by atoms with Crippen LogP contribution in [-0.4, -0.2) is 19.7 Å². The molecule has 2 N–H and O–H groups in total. The van der Waals surface area contributed by atoms with Crippen LogP contribution in [0.15, 0.2) is 42.5 Å². The first-order chi connectivity index (χ1) is 10.2. The highest BCUT2D eigenvalue weighted by molar-refractivity contribution is 5.93. The molecule has 0 heterocycles. The van der Waals surface area contributed by atoms with Crippen LogP contribution in [0.3, 0.4) is 0 Å². The summed E-state index contributed by atoms with van der Waals surface area (Å²) in [5, 5.41) is 0. The van der Waals surface area contributed by atoms with Crippen LogP contribution in [0.2, 0.25) is 0 Å². The smallest absolute Gasteiger partial charge is 0.341 e. The van der Waals surface area contributed by atoms with Crippen molar-refractivity contribution < 1.29 is 19.0 Å². The Morgan fingerprint density at radius 2 is 1.81 bits per heavy atom. The van der Waals surface area contributed by atoms with Crippen molar-refractivity contribution in [3.8, 4) is 17.2 Å². The van der Waals surface area contributed by atoms with Gasteiger partial charge in [-0.25, -0.2) is 4.79 Å². The second-order valence-electron chi connectivity index (χ2n) is 4.23. The summed E-state index contributed by atoms with van der Waals surface area (Å²) in [5.74, 6) is 0.983. The minimum atomic E-state index is -0.508. The normalized spacial score (nSPS) is 10.0. The number of carbonyl (C=O) groups is 1. The topological polar surface area (TPSA) is 70.8 Å². The van der Waals surface area contributed by atoms with Crippen molar-refractivity contribution in [2.75, 3.05) is 19.5 Å². The van der Waals surface area contributed by atoms with Gasteiger partial charge in [-0.15, -0.1) is 0 Å². The van der Waals surface area contributed by atoms with Crippen molar-refractivity contribution in [2.24, 2.45) is 0 Å². The molecule has 21 heavy (non-hydrogen) atoms. The van der Waals surface area contributed by atoms with Gasteiger partial charge >= 0.3 is 5.97 Å². The Morgan fingerprint density at radius 3 is 2.48 bits per heavy atom. The summed E-state index contributed by atoms with van der Waals surface area (Å²) in [6.07, 6.45) is 0. The number of ether oxygens (including phenoxy) is 3. The molecule has 0 amide bonds. The zero-order chi connectivity index (χ0) is 15.2. The number of rotatable bonds is 5. The van der Waals surface area contributed by atoms with Gasteiger partial charge in [0.2, 0.25) is 0 Å². The summed E-state index contributed by atoms with van der Waals surface area (Å²) in [6, 6.07) is 12.0. The molecular formula is C16H17NO4. The van der Waals surface area contributed by atoms with E-state index < -0.39 is 5.97 Å². The van der Waals surface area contributed by atoms with Crippen LogP contribution in [0.25, 0.3) is 0 Å². The number of para-hydroxylation sites is 2. The molecule has 0 fully saturated rings. The van der Waals surface area contributed by atoms with Crippen LogP contribution < -0.4 is 15.2 Å². The van der Waals surface area contributed by atoms with Crippen LogP contribution in [-0.2, 0) is 4.74 Å². The van der Waals surface area contributed by atoms with Gasteiger partial charge in [0.05, 0.1) is 13.7 Å². The molecule has 0 radical (unpaired) electrons. The van der Waals surface area contributed by atoms with E-state index in [2.05, 4.69) is 0 Å². The van der Waals surface area contributed by atoms with Crippen LogP contribution in [0.5, 0.6) is 17.2 Å². The van der Waals surface area contributed by atoms with Gasteiger partial charge in [0.1, 0.15) is 11.3 Å². The maximum Gasteiger partial charge on any atom is 0.341 e. The number of carbonyl (C=O) groups excluding carboxylic acids is 1. The van der Waals surface area contributed by atoms with E-state index in [1.807, 2.05) is 19.1 Å². The zero-order valence-corrected chi connectivity index (χ0v) is 12.0. The fourth-order valence-corrected chi connectivity index (χ4v) is 1.83. The predicted molar refractivity (Wildman–Crippen MR) is 79.9 cm³/mol. The first-order valence-corrected chi connectivity index (χ1v) is 6.53. The van der Waals surface area contributed by atoms with Gasteiger partial charge in [-0.1, -0.05) is 12.1 Å². The van der Waals surface area contributed by atoms with Gasteiger partial charge in [-0.05, 0) is 37.3 Å². The van der Waals surface area contributed by atoms with Gasteiger partial charge in [-0.2, -0.15) is 0 Å². The van der Waals surface area contributed by atoms with E-state index in [1.54, 1.807) is 24.3 Å². The lowest BCUT2D eigenvalue weighted by Crippen LogP contribution is -2.05. The summed E-state index contributed by atoms with van der Waals surface area (Å²) < 4.78 is 16.0. The highest BCUT2D eigenvalue weighted by Gasteiger charge is 2.15. The number of hydrogen-bond donors (Lipinski definition) is 1. The van der Waals surface area contributed by atoms with Crippen molar-refractivity contribution in [3.05, 3.63) is 48.0 Å². The average molecular weight is 287 g/mol. The SMILES string of the molecule is CCOc1ccccc1Oc1ccc(N)cc1C(=O)OC. The minimum Gasteiger partial charge on any atom is -0.490 e. The van der Waals surface area contributed by atoms with Crippen LogP contribution >= 0.6 is 0 Å². The van der Waals surface area contributed by atoms with E-state index in [0.29, 0.717) is 29.5 Å². The Hall–Kier alpha value is -2.69. The van der Waals surface area contributed by atoms with Crippen molar-refractivity contribution in [2.45, 2.75) is 6.92 Å². The lowest BCUT2D eigenvalue weighted by molar-refractivity contribution is 0.0598. The fraction of sp³-hybridized carbons (Fsp3) is 0.188. The van der Waals surface area contributed by atoms with E-state index in [9.17, 15) is 4.79 Å². The molecule has 0 aromatic heterocycles. The average Bonchev–Trinajstić information content (AvgIpc) is 2.50. The number of nitrogens with two attached hydrogens (primary N) is 1. The number of nitrogen functional groups attached to an aromatic ring is 1. The van der Waals surface area contributed by atoms with Crippen LogP contribution in [0, 0.1) is 0 Å². The Bertz CT molecular complexity index is 640. The Labute approximate surface area is 123 Å². The minimum absolute atomic E-state index is 0.267. The Balaban J connectivity index is 2.38. The molecule has 0 aliphatic rings. The third kappa shape index (κ3) is 3.45. The molecule has 0 aliphatic heterocycles. The molecule has 0 saturated carbocycles. The molecule has 2 rings (SSSR count). The molecule has 5 nitrogen and oxygen atoms in total. The van der Waals surface area contributed by atoms with Crippen molar-refractivity contribution in [1.29, 1.82) is 0 Å². The Kier molecular flexibility index (Phi) is 4.66. The first-order valence-electron chi connectivity index (χ1n) is 6.53. The van der Waals surface area contributed by atoms with Gasteiger partial charge in [0, 0.05) is 5.69 Å². The third-order valence-corrected chi connectivity index (χ3v) is 2.78. The standard InChI is InChI=1S/C16H17NO4/c1-3-20-14-6-4-5-7-15(14)21-13-9-8-11(17)10-12(13)16(18)19-2/h4-10H,3,17H2,1-2H3. The second kappa shape index (κ2) is 6.65. The molecule has 5 heteroatoms. The molecule has 0 saturated heterocycles. The highest BCUT2D eigenvalue weighted by atomic mass is 16.5. The number of methoxy groups -OCH3 is 1. The van der Waals surface area contributed by atoms with Gasteiger partial charge in [0.25, 0.3) is 0 Å². The largest absolute Gasteiger partial charge is 0.490 e. The maximum atomic E-state index is 11.8. The van der Waals surface area contributed by atoms with Gasteiger partial charge in [0.15, 0.2) is 11.5 Å². The maximum absolute atomic E-state index is 11.8. The number of anilines is 1. The molecule has 2 aromatic rings. The van der Waals surface area contributed by atoms with E-state index in [-0.39, 0.29) is 5.56 Å². The summed E-state index contributed by atoms with van der Waals surface area (Å²) >= 11 is 0. The van der Waals surface area contributed by atoms with E-state index in [0.717, 1.165) is 0 Å². The first kappa shape index (κ1) is 14.7. The predicted octanol–water partition coefficient (Wildman–Crippen LogP) is 3.25. The summed E-state index contributed by atoms with van der Waals surface area (Å²) in [5.41, 5.74) is 6.43. The lowest BCUT2D eigenvalue weighted by atomic mass is 10.2. The lowest BCUT2D eigenvalue weighted by Gasteiger charge is -2.13. The molecule has 0 unspecified atom stereocenters. The van der Waals surface area contributed by atoms with Crippen molar-refractivity contribution >= 4 is 11.7 Å². The summed E-state index contributed by atoms with van der Waals surface area (Å²) in [6.45, 7) is 2.41.